The van der Waals surface area contributed by atoms with Crippen LogP contribution in [-0.2, 0) is 6.54 Å². The number of nitrogens with zero attached hydrogens (tertiary/aromatic N) is 2. The van der Waals surface area contributed by atoms with E-state index in [-0.39, 0.29) is 0 Å². The van der Waals surface area contributed by atoms with Gasteiger partial charge in [0.15, 0.2) is 0 Å². The zero-order valence-corrected chi connectivity index (χ0v) is 14.3. The summed E-state index contributed by atoms with van der Waals surface area (Å²) in [6.07, 6.45) is 0. The maximum Gasteiger partial charge on any atom is 0.238 e. The Hall–Kier alpha value is -1.17. The third-order valence-electron chi connectivity index (χ3n) is 2.66. The molecule has 2 rings (SSSR count). The molecule has 0 aliphatic heterocycles. The lowest BCUT2D eigenvalue weighted by Gasteiger charge is -2.08. The molecule has 4 nitrogen and oxygen atoms in total. The Morgan fingerprint density at radius 1 is 1.24 bits per heavy atom. The van der Waals surface area contributed by atoms with Crippen molar-refractivity contribution in [2.75, 3.05) is 6.54 Å². The standard InChI is InChI=1S/C15H17BrClN3O/c1-10(2)8-18-9-12-4-6-15(20-19-12)21-14-5-3-11(17)7-13(14)16/h3-7,10,18H,8-9H2,1-2H3. The molecule has 0 atom stereocenters. The molecule has 0 unspecified atom stereocenters. The van der Waals surface area contributed by atoms with E-state index >= 15 is 0 Å². The summed E-state index contributed by atoms with van der Waals surface area (Å²) in [5.74, 6) is 1.72. The summed E-state index contributed by atoms with van der Waals surface area (Å²) in [4.78, 5) is 0. The van der Waals surface area contributed by atoms with Crippen LogP contribution in [0.3, 0.4) is 0 Å². The van der Waals surface area contributed by atoms with E-state index in [1.165, 1.54) is 0 Å². The average molecular weight is 371 g/mol. The minimum atomic E-state index is 0.450. The minimum Gasteiger partial charge on any atom is -0.436 e. The first-order valence-corrected chi connectivity index (χ1v) is 7.88. The van der Waals surface area contributed by atoms with Crippen molar-refractivity contribution < 1.29 is 4.74 Å². The normalized spacial score (nSPS) is 10.9. The zero-order valence-electron chi connectivity index (χ0n) is 11.9. The van der Waals surface area contributed by atoms with Gasteiger partial charge in [-0.25, -0.2) is 0 Å². The smallest absolute Gasteiger partial charge is 0.238 e. The molecule has 1 aromatic carbocycles. The van der Waals surface area contributed by atoms with Crippen molar-refractivity contribution in [2.24, 2.45) is 5.92 Å². The van der Waals surface area contributed by atoms with Gasteiger partial charge in [0.25, 0.3) is 0 Å². The fourth-order valence-corrected chi connectivity index (χ4v) is 2.42. The molecule has 0 fully saturated rings. The molecule has 1 N–H and O–H groups in total. The Morgan fingerprint density at radius 2 is 2.05 bits per heavy atom. The lowest BCUT2D eigenvalue weighted by Crippen LogP contribution is -2.19. The van der Waals surface area contributed by atoms with Gasteiger partial charge in [-0.1, -0.05) is 25.4 Å². The zero-order chi connectivity index (χ0) is 15.2. The number of benzene rings is 1. The monoisotopic (exact) mass is 369 g/mol. The Bertz CT molecular complexity index is 590. The number of ether oxygens (including phenoxy) is 1. The molecule has 112 valence electrons. The number of rotatable bonds is 6. The predicted molar refractivity (Wildman–Crippen MR) is 87.8 cm³/mol. The van der Waals surface area contributed by atoms with E-state index in [1.807, 2.05) is 6.07 Å². The molecule has 0 radical (unpaired) electrons. The summed E-state index contributed by atoms with van der Waals surface area (Å²) in [5.41, 5.74) is 0.887. The lowest BCUT2D eigenvalue weighted by atomic mass is 10.2. The van der Waals surface area contributed by atoms with Gasteiger partial charge >= 0.3 is 0 Å². The molecule has 1 heterocycles. The van der Waals surface area contributed by atoms with Crippen LogP contribution in [0.15, 0.2) is 34.8 Å². The fraction of sp³-hybridized carbons (Fsp3) is 0.333. The van der Waals surface area contributed by atoms with Crippen molar-refractivity contribution in [3.8, 4) is 11.6 Å². The summed E-state index contributed by atoms with van der Waals surface area (Å²) >= 11 is 9.29. The van der Waals surface area contributed by atoms with Crippen LogP contribution in [-0.4, -0.2) is 16.7 Å². The Labute approximate surface area is 138 Å². The van der Waals surface area contributed by atoms with E-state index in [9.17, 15) is 0 Å². The van der Waals surface area contributed by atoms with Gasteiger partial charge < -0.3 is 10.1 Å². The highest BCUT2D eigenvalue weighted by molar-refractivity contribution is 9.10. The van der Waals surface area contributed by atoms with Crippen molar-refractivity contribution in [3.05, 3.63) is 45.5 Å². The fourth-order valence-electron chi connectivity index (χ4n) is 1.66. The SMILES string of the molecule is CC(C)CNCc1ccc(Oc2ccc(Cl)cc2Br)nn1. The molecule has 0 aliphatic carbocycles. The third-order valence-corrected chi connectivity index (χ3v) is 3.52. The van der Waals surface area contributed by atoms with Crippen LogP contribution < -0.4 is 10.1 Å². The molecular formula is C15H17BrClN3O. The Kier molecular flexibility index (Phi) is 5.96. The maximum atomic E-state index is 5.89. The van der Waals surface area contributed by atoms with Crippen LogP contribution >= 0.6 is 27.5 Å². The highest BCUT2D eigenvalue weighted by atomic mass is 79.9. The van der Waals surface area contributed by atoms with Gasteiger partial charge in [-0.05, 0) is 52.7 Å². The second kappa shape index (κ2) is 7.73. The highest BCUT2D eigenvalue weighted by Crippen LogP contribution is 2.30. The largest absolute Gasteiger partial charge is 0.436 e. The number of aromatic nitrogens is 2. The molecule has 6 heteroatoms. The summed E-state index contributed by atoms with van der Waals surface area (Å²) in [5, 5.41) is 12.2. The average Bonchev–Trinajstić information content (AvgIpc) is 2.43. The Morgan fingerprint density at radius 3 is 2.67 bits per heavy atom. The number of nitrogens with one attached hydrogen (secondary N) is 1. The molecule has 21 heavy (non-hydrogen) atoms. The van der Waals surface area contributed by atoms with E-state index in [0.29, 0.717) is 29.1 Å². The summed E-state index contributed by atoms with van der Waals surface area (Å²) in [7, 11) is 0. The van der Waals surface area contributed by atoms with Gasteiger partial charge in [0.2, 0.25) is 5.88 Å². The highest BCUT2D eigenvalue weighted by Gasteiger charge is 2.05. The van der Waals surface area contributed by atoms with Crippen LogP contribution in [0.2, 0.25) is 5.02 Å². The van der Waals surface area contributed by atoms with Crippen LogP contribution in [0.1, 0.15) is 19.5 Å². The minimum absolute atomic E-state index is 0.450. The molecule has 1 aromatic heterocycles. The number of halogens is 2. The van der Waals surface area contributed by atoms with Gasteiger partial charge in [0, 0.05) is 17.6 Å². The quantitative estimate of drug-likeness (QED) is 0.817. The lowest BCUT2D eigenvalue weighted by molar-refractivity contribution is 0.450. The number of hydrogen-bond acceptors (Lipinski definition) is 4. The van der Waals surface area contributed by atoms with Crippen LogP contribution in [0, 0.1) is 5.92 Å². The molecule has 0 spiro atoms. The molecule has 2 aromatic rings. The van der Waals surface area contributed by atoms with E-state index in [1.54, 1.807) is 24.3 Å². The van der Waals surface area contributed by atoms with Crippen LogP contribution in [0.5, 0.6) is 11.6 Å². The topological polar surface area (TPSA) is 47.0 Å². The molecule has 0 saturated carbocycles. The third kappa shape index (κ3) is 5.26. The van der Waals surface area contributed by atoms with Crippen molar-refractivity contribution in [1.82, 2.24) is 15.5 Å². The van der Waals surface area contributed by atoms with Gasteiger partial charge in [-0.2, -0.15) is 5.10 Å². The van der Waals surface area contributed by atoms with Gasteiger partial charge in [0.05, 0.1) is 10.2 Å². The van der Waals surface area contributed by atoms with Crippen molar-refractivity contribution in [2.45, 2.75) is 20.4 Å². The van der Waals surface area contributed by atoms with Crippen molar-refractivity contribution in [3.63, 3.8) is 0 Å². The summed E-state index contributed by atoms with van der Waals surface area (Å²) in [6.45, 7) is 5.99. The first kappa shape index (κ1) is 16.2. The maximum absolute atomic E-state index is 5.89. The van der Waals surface area contributed by atoms with Crippen molar-refractivity contribution in [1.29, 1.82) is 0 Å². The number of hydrogen-bond donors (Lipinski definition) is 1. The van der Waals surface area contributed by atoms with Crippen LogP contribution in [0.4, 0.5) is 0 Å². The van der Waals surface area contributed by atoms with E-state index < -0.39 is 0 Å². The molecule has 0 amide bonds. The van der Waals surface area contributed by atoms with Gasteiger partial charge in [0.1, 0.15) is 5.75 Å². The first-order chi connectivity index (χ1) is 10.0. The van der Waals surface area contributed by atoms with E-state index in [4.69, 9.17) is 16.3 Å². The second-order valence-corrected chi connectivity index (χ2v) is 6.36. The Balaban J connectivity index is 1.95. The molecule has 0 aliphatic rings. The molecule has 0 bridgehead atoms. The van der Waals surface area contributed by atoms with E-state index in [2.05, 4.69) is 45.3 Å². The molecular weight excluding hydrogens is 354 g/mol. The van der Waals surface area contributed by atoms with Gasteiger partial charge in [-0.3, -0.25) is 0 Å². The first-order valence-electron chi connectivity index (χ1n) is 6.71. The summed E-state index contributed by atoms with van der Waals surface area (Å²) in [6, 6.07) is 9.03. The van der Waals surface area contributed by atoms with Gasteiger partial charge in [-0.15, -0.1) is 5.10 Å². The van der Waals surface area contributed by atoms with E-state index in [0.717, 1.165) is 16.7 Å². The van der Waals surface area contributed by atoms with Crippen molar-refractivity contribution >= 4 is 27.5 Å². The molecule has 0 saturated heterocycles. The summed E-state index contributed by atoms with van der Waals surface area (Å²) < 4.78 is 6.44. The second-order valence-electron chi connectivity index (χ2n) is 5.06. The van der Waals surface area contributed by atoms with Crippen LogP contribution in [0.25, 0.3) is 0 Å². The predicted octanol–water partition coefficient (Wildman–Crippen LogP) is 4.43.